The molecule has 84 valence electrons. The van der Waals surface area contributed by atoms with Gasteiger partial charge in [-0.15, -0.1) is 0 Å². The first-order valence-electron chi connectivity index (χ1n) is 3.98. The lowest BCUT2D eigenvalue weighted by Crippen LogP contribution is -2.35. The highest BCUT2D eigenvalue weighted by Crippen LogP contribution is 2.12. The molecular weight excluding hydrogens is 213 g/mol. The summed E-state index contributed by atoms with van der Waals surface area (Å²) < 4.78 is 36.4. The quantitative estimate of drug-likeness (QED) is 0.764. The number of nitrogens with one attached hydrogen (secondary N) is 1. The summed E-state index contributed by atoms with van der Waals surface area (Å²) in [6, 6.07) is 0. The van der Waals surface area contributed by atoms with Crippen LogP contribution >= 0.6 is 0 Å². The minimum atomic E-state index is -4.41. The van der Waals surface area contributed by atoms with E-state index >= 15 is 0 Å². The number of nitrogen functional groups attached to an aromatic ring is 1. The Morgan fingerprint density at radius 1 is 1.60 bits per heavy atom. The van der Waals surface area contributed by atoms with Gasteiger partial charge in [0.05, 0.1) is 0 Å². The third-order valence-electron chi connectivity index (χ3n) is 1.55. The molecule has 0 aliphatic carbocycles. The summed E-state index contributed by atoms with van der Waals surface area (Å²) in [7, 11) is 0. The first-order valence-corrected chi connectivity index (χ1v) is 3.98. The zero-order valence-corrected chi connectivity index (χ0v) is 7.58. The van der Waals surface area contributed by atoms with Crippen LogP contribution in [0.4, 0.5) is 19.1 Å². The number of rotatable bonds is 3. The molecule has 1 amide bonds. The summed E-state index contributed by atoms with van der Waals surface area (Å²) in [5.74, 6) is -0.686. The third-order valence-corrected chi connectivity index (χ3v) is 1.55. The molecule has 1 rings (SSSR count). The molecule has 0 atom stereocenters. The molecule has 0 bridgehead atoms. The maximum atomic E-state index is 11.7. The van der Waals surface area contributed by atoms with E-state index in [-0.39, 0.29) is 12.5 Å². The summed E-state index contributed by atoms with van der Waals surface area (Å²) >= 11 is 0. The molecule has 15 heavy (non-hydrogen) atoms. The average molecular weight is 222 g/mol. The van der Waals surface area contributed by atoms with E-state index in [0.29, 0.717) is 0 Å². The highest BCUT2D eigenvalue weighted by Gasteiger charge is 2.27. The Labute approximate surface area is 83.1 Å². The van der Waals surface area contributed by atoms with E-state index in [1.165, 1.54) is 17.0 Å². The number of carbonyl (C=O) groups excluding carboxylic acids is 1. The van der Waals surface area contributed by atoms with Crippen molar-refractivity contribution >= 4 is 11.9 Å². The van der Waals surface area contributed by atoms with E-state index in [2.05, 4.69) is 4.98 Å². The standard InChI is InChI=1S/C7H9F3N4O/c8-7(9,10)4-13-5(15)3-14-2-1-12-6(14)11/h1-2H,3-4H2,(H2,11,12)(H,13,15). The van der Waals surface area contributed by atoms with Crippen LogP contribution in [-0.4, -0.2) is 28.2 Å². The van der Waals surface area contributed by atoms with E-state index in [0.717, 1.165) is 0 Å². The number of amides is 1. The summed E-state index contributed by atoms with van der Waals surface area (Å²) in [5, 5.41) is 1.72. The number of imidazole rings is 1. The van der Waals surface area contributed by atoms with Crippen molar-refractivity contribution in [2.75, 3.05) is 12.3 Å². The summed E-state index contributed by atoms with van der Waals surface area (Å²) in [4.78, 5) is 14.6. The Morgan fingerprint density at radius 3 is 2.73 bits per heavy atom. The SMILES string of the molecule is Nc1nccn1CC(=O)NCC(F)(F)F. The minimum Gasteiger partial charge on any atom is -0.369 e. The molecule has 8 heteroatoms. The van der Waals surface area contributed by atoms with Gasteiger partial charge >= 0.3 is 6.18 Å². The van der Waals surface area contributed by atoms with Crippen molar-refractivity contribution in [1.82, 2.24) is 14.9 Å². The fourth-order valence-corrected chi connectivity index (χ4v) is 0.884. The van der Waals surface area contributed by atoms with Gasteiger partial charge in [0.1, 0.15) is 13.1 Å². The fraction of sp³-hybridized carbons (Fsp3) is 0.429. The lowest BCUT2D eigenvalue weighted by molar-refractivity contribution is -0.138. The lowest BCUT2D eigenvalue weighted by Gasteiger charge is -2.08. The van der Waals surface area contributed by atoms with Crippen LogP contribution in [0.5, 0.6) is 0 Å². The molecule has 0 radical (unpaired) electrons. The highest BCUT2D eigenvalue weighted by atomic mass is 19.4. The number of halogens is 3. The summed E-state index contributed by atoms with van der Waals surface area (Å²) in [5.41, 5.74) is 5.32. The van der Waals surface area contributed by atoms with Gasteiger partial charge in [-0.3, -0.25) is 4.79 Å². The summed E-state index contributed by atoms with van der Waals surface area (Å²) in [6.45, 7) is -1.62. The number of nitrogens with two attached hydrogens (primary N) is 1. The zero-order valence-electron chi connectivity index (χ0n) is 7.58. The zero-order chi connectivity index (χ0) is 11.5. The number of hydrogen-bond acceptors (Lipinski definition) is 3. The van der Waals surface area contributed by atoms with Crippen LogP contribution in [0.3, 0.4) is 0 Å². The molecule has 0 saturated heterocycles. The van der Waals surface area contributed by atoms with Gasteiger partial charge in [-0.25, -0.2) is 4.98 Å². The molecule has 1 aromatic rings. The molecule has 0 unspecified atom stereocenters. The van der Waals surface area contributed by atoms with Crippen LogP contribution in [0.25, 0.3) is 0 Å². The Balaban J connectivity index is 2.41. The largest absolute Gasteiger partial charge is 0.405 e. The van der Waals surface area contributed by atoms with Crippen molar-refractivity contribution in [3.8, 4) is 0 Å². The number of hydrogen-bond donors (Lipinski definition) is 2. The van der Waals surface area contributed by atoms with Gasteiger partial charge in [-0.05, 0) is 0 Å². The molecule has 1 heterocycles. The molecule has 3 N–H and O–H groups in total. The van der Waals surface area contributed by atoms with Gasteiger partial charge < -0.3 is 15.6 Å². The maximum Gasteiger partial charge on any atom is 0.405 e. The van der Waals surface area contributed by atoms with Crippen molar-refractivity contribution in [2.45, 2.75) is 12.7 Å². The molecule has 5 nitrogen and oxygen atoms in total. The fourth-order valence-electron chi connectivity index (χ4n) is 0.884. The van der Waals surface area contributed by atoms with Crippen molar-refractivity contribution in [3.63, 3.8) is 0 Å². The van der Waals surface area contributed by atoms with E-state index < -0.39 is 18.6 Å². The normalized spacial score (nSPS) is 11.4. The van der Waals surface area contributed by atoms with Crippen LogP contribution in [-0.2, 0) is 11.3 Å². The second-order valence-corrected chi connectivity index (χ2v) is 2.81. The molecule has 0 fully saturated rings. The number of carbonyl (C=O) groups is 1. The average Bonchev–Trinajstić information content (AvgIpc) is 2.47. The predicted octanol–water partition coefficient (Wildman–Crippen LogP) is 0.144. The van der Waals surface area contributed by atoms with Crippen LogP contribution in [0.1, 0.15) is 0 Å². The van der Waals surface area contributed by atoms with E-state index in [1.54, 1.807) is 5.32 Å². The Morgan fingerprint density at radius 2 is 2.27 bits per heavy atom. The van der Waals surface area contributed by atoms with E-state index in [1.807, 2.05) is 0 Å². The number of anilines is 1. The number of nitrogens with zero attached hydrogens (tertiary/aromatic N) is 2. The number of aromatic nitrogens is 2. The molecule has 1 aromatic heterocycles. The first kappa shape index (κ1) is 11.3. The van der Waals surface area contributed by atoms with E-state index in [4.69, 9.17) is 5.73 Å². The predicted molar refractivity (Wildman–Crippen MR) is 45.7 cm³/mol. The molecule has 0 saturated carbocycles. The Bertz CT molecular complexity index is 346. The minimum absolute atomic E-state index is 0.0807. The van der Waals surface area contributed by atoms with Crippen LogP contribution in [0.2, 0.25) is 0 Å². The lowest BCUT2D eigenvalue weighted by atomic mass is 10.5. The van der Waals surface area contributed by atoms with Crippen molar-refractivity contribution in [3.05, 3.63) is 12.4 Å². The molecule has 0 aliphatic heterocycles. The van der Waals surface area contributed by atoms with Crippen LogP contribution in [0.15, 0.2) is 12.4 Å². The van der Waals surface area contributed by atoms with Gasteiger partial charge in [-0.1, -0.05) is 0 Å². The first-order chi connectivity index (χ1) is 6.88. The number of alkyl halides is 3. The Kier molecular flexibility index (Phi) is 3.17. The topological polar surface area (TPSA) is 72.9 Å². The van der Waals surface area contributed by atoms with Gasteiger partial charge in [0.25, 0.3) is 0 Å². The van der Waals surface area contributed by atoms with Crippen LogP contribution in [0, 0.1) is 0 Å². The maximum absolute atomic E-state index is 11.7. The van der Waals surface area contributed by atoms with Crippen molar-refractivity contribution in [1.29, 1.82) is 0 Å². The molecule has 0 aliphatic rings. The Hall–Kier alpha value is -1.73. The third kappa shape index (κ3) is 3.88. The summed E-state index contributed by atoms with van der Waals surface area (Å²) in [6.07, 6.45) is -1.65. The van der Waals surface area contributed by atoms with Gasteiger partial charge in [0.2, 0.25) is 11.9 Å². The van der Waals surface area contributed by atoms with Crippen molar-refractivity contribution in [2.24, 2.45) is 0 Å². The highest BCUT2D eigenvalue weighted by molar-refractivity contribution is 5.76. The van der Waals surface area contributed by atoms with Crippen molar-refractivity contribution < 1.29 is 18.0 Å². The molecular formula is C7H9F3N4O. The van der Waals surface area contributed by atoms with Gasteiger partial charge in [0.15, 0.2) is 0 Å². The van der Waals surface area contributed by atoms with E-state index in [9.17, 15) is 18.0 Å². The second-order valence-electron chi connectivity index (χ2n) is 2.81. The van der Waals surface area contributed by atoms with Crippen LogP contribution < -0.4 is 11.1 Å². The monoisotopic (exact) mass is 222 g/mol. The smallest absolute Gasteiger partial charge is 0.369 e. The van der Waals surface area contributed by atoms with Gasteiger partial charge in [-0.2, -0.15) is 13.2 Å². The second kappa shape index (κ2) is 4.20. The van der Waals surface area contributed by atoms with Gasteiger partial charge in [0, 0.05) is 12.4 Å². The molecule has 0 spiro atoms. The molecule has 0 aromatic carbocycles.